The molecule has 6 nitrogen and oxygen atoms in total. The van der Waals surface area contributed by atoms with Gasteiger partial charge in [0.25, 0.3) is 5.91 Å². The van der Waals surface area contributed by atoms with Gasteiger partial charge in [-0.1, -0.05) is 54.1 Å². The molecule has 1 aliphatic heterocycles. The van der Waals surface area contributed by atoms with Crippen LogP contribution in [0.2, 0.25) is 0 Å². The Morgan fingerprint density at radius 2 is 1.94 bits per heavy atom. The Morgan fingerprint density at radius 3 is 2.67 bits per heavy atom. The zero-order chi connectivity index (χ0) is 23.4. The van der Waals surface area contributed by atoms with E-state index in [0.717, 1.165) is 16.7 Å². The molecule has 1 atom stereocenters. The first kappa shape index (κ1) is 22.5. The normalized spacial score (nSPS) is 17.7. The van der Waals surface area contributed by atoms with Crippen molar-refractivity contribution < 1.29 is 9.59 Å². The molecule has 1 aliphatic rings. The second-order valence-corrected chi connectivity index (χ2v) is 8.79. The number of benzene rings is 2. The van der Waals surface area contributed by atoms with Gasteiger partial charge in [0, 0.05) is 25.8 Å². The zero-order valence-electron chi connectivity index (χ0n) is 19.2. The third-order valence-electron chi connectivity index (χ3n) is 6.37. The van der Waals surface area contributed by atoms with Crippen LogP contribution in [0.25, 0.3) is 11.1 Å². The minimum Gasteiger partial charge on any atom is -0.384 e. The maximum absolute atomic E-state index is 13.3. The molecule has 170 valence electrons. The number of nitrogen functional groups attached to an aromatic ring is 1. The highest BCUT2D eigenvalue weighted by Gasteiger charge is 2.46. The van der Waals surface area contributed by atoms with Crippen molar-refractivity contribution in [3.8, 4) is 11.1 Å². The van der Waals surface area contributed by atoms with Crippen LogP contribution in [-0.4, -0.2) is 41.3 Å². The molecule has 4 rings (SSSR count). The first-order valence-corrected chi connectivity index (χ1v) is 11.4. The molecule has 0 aliphatic carbocycles. The van der Waals surface area contributed by atoms with Crippen LogP contribution in [0.1, 0.15) is 34.8 Å². The number of nitrogens with two attached hydrogens (primary N) is 1. The van der Waals surface area contributed by atoms with Gasteiger partial charge in [-0.3, -0.25) is 9.59 Å². The molecule has 3 N–H and O–H groups in total. The average molecular weight is 443 g/mol. The summed E-state index contributed by atoms with van der Waals surface area (Å²) >= 11 is 0. The predicted octanol–water partition coefficient (Wildman–Crippen LogP) is 3.85. The van der Waals surface area contributed by atoms with Crippen LogP contribution in [0.5, 0.6) is 0 Å². The van der Waals surface area contributed by atoms with Gasteiger partial charge in [-0.05, 0) is 55.5 Å². The third kappa shape index (κ3) is 4.75. The maximum atomic E-state index is 13.3. The number of amides is 2. The molecule has 2 heterocycles. The minimum atomic E-state index is -0.688. The van der Waals surface area contributed by atoms with E-state index in [2.05, 4.69) is 53.6 Å². The lowest BCUT2D eigenvalue weighted by molar-refractivity contribution is -0.130. The SMILES string of the molecule is CCNC(=O)[C@]1(Cc2ccccc2-c2cccc(C)c2)CCN(C(=O)c2ccc(N)nc2)C1. The van der Waals surface area contributed by atoms with Gasteiger partial charge in [-0.25, -0.2) is 4.98 Å². The number of rotatable bonds is 6. The number of hydrogen-bond donors (Lipinski definition) is 2. The minimum absolute atomic E-state index is 0.00484. The van der Waals surface area contributed by atoms with Crippen LogP contribution in [0.15, 0.2) is 66.9 Å². The average Bonchev–Trinajstić information content (AvgIpc) is 3.25. The van der Waals surface area contributed by atoms with E-state index >= 15 is 0 Å². The predicted molar refractivity (Wildman–Crippen MR) is 131 cm³/mol. The highest BCUT2D eigenvalue weighted by atomic mass is 16.2. The number of anilines is 1. The second-order valence-electron chi connectivity index (χ2n) is 8.79. The van der Waals surface area contributed by atoms with Gasteiger partial charge in [0.05, 0.1) is 11.0 Å². The Morgan fingerprint density at radius 1 is 1.12 bits per heavy atom. The number of nitrogens with one attached hydrogen (secondary N) is 1. The Bertz CT molecular complexity index is 1160. The number of hydrogen-bond acceptors (Lipinski definition) is 4. The molecular weight excluding hydrogens is 412 g/mol. The fraction of sp³-hybridized carbons (Fsp3) is 0.296. The lowest BCUT2D eigenvalue weighted by Crippen LogP contribution is -2.45. The van der Waals surface area contributed by atoms with Gasteiger partial charge >= 0.3 is 0 Å². The van der Waals surface area contributed by atoms with E-state index in [-0.39, 0.29) is 11.8 Å². The zero-order valence-corrected chi connectivity index (χ0v) is 19.2. The first-order valence-electron chi connectivity index (χ1n) is 11.4. The van der Waals surface area contributed by atoms with Crippen LogP contribution < -0.4 is 11.1 Å². The van der Waals surface area contributed by atoms with Gasteiger partial charge in [0.15, 0.2) is 0 Å². The highest BCUT2D eigenvalue weighted by Crippen LogP contribution is 2.38. The number of aromatic nitrogens is 1. The van der Waals surface area contributed by atoms with Crippen molar-refractivity contribution in [3.63, 3.8) is 0 Å². The fourth-order valence-electron chi connectivity index (χ4n) is 4.65. The topological polar surface area (TPSA) is 88.3 Å². The van der Waals surface area contributed by atoms with Crippen LogP contribution in [0.3, 0.4) is 0 Å². The molecule has 0 bridgehead atoms. The fourth-order valence-corrected chi connectivity index (χ4v) is 4.65. The molecule has 6 heteroatoms. The quantitative estimate of drug-likeness (QED) is 0.607. The standard InChI is InChI=1S/C27H30N4O2/c1-3-29-26(33)27(13-14-31(18-27)25(32)22-11-12-24(28)30-17-22)16-21-8-4-5-10-23(21)20-9-6-7-19(2)15-20/h4-12,15,17H,3,13-14,16,18H2,1-2H3,(H2,28,30)(H,29,33)/t27-/m0/s1. The van der Waals surface area contributed by atoms with Crippen LogP contribution in [-0.2, 0) is 11.2 Å². The molecule has 0 unspecified atom stereocenters. The number of carbonyl (C=O) groups is 2. The third-order valence-corrected chi connectivity index (χ3v) is 6.37. The summed E-state index contributed by atoms with van der Waals surface area (Å²) < 4.78 is 0. The lowest BCUT2D eigenvalue weighted by atomic mass is 9.78. The Labute approximate surface area is 194 Å². The van der Waals surface area contributed by atoms with Crippen molar-refractivity contribution in [2.45, 2.75) is 26.7 Å². The molecule has 0 spiro atoms. The van der Waals surface area contributed by atoms with Gasteiger partial charge in [0.1, 0.15) is 5.82 Å². The summed E-state index contributed by atoms with van der Waals surface area (Å²) in [5.41, 5.74) is 10.0. The monoisotopic (exact) mass is 442 g/mol. The largest absolute Gasteiger partial charge is 0.384 e. The van der Waals surface area contributed by atoms with Crippen molar-refractivity contribution >= 4 is 17.6 Å². The van der Waals surface area contributed by atoms with Crippen molar-refractivity contribution in [2.24, 2.45) is 5.41 Å². The Balaban J connectivity index is 1.65. The van der Waals surface area contributed by atoms with E-state index in [0.29, 0.717) is 43.9 Å². The molecular formula is C27H30N4O2. The van der Waals surface area contributed by atoms with E-state index in [4.69, 9.17) is 5.73 Å². The van der Waals surface area contributed by atoms with Crippen LogP contribution >= 0.6 is 0 Å². The van der Waals surface area contributed by atoms with Gasteiger partial charge in [-0.15, -0.1) is 0 Å². The number of pyridine rings is 1. The van der Waals surface area contributed by atoms with Crippen molar-refractivity contribution in [1.82, 2.24) is 15.2 Å². The highest BCUT2D eigenvalue weighted by molar-refractivity contribution is 5.95. The number of nitrogens with zero attached hydrogens (tertiary/aromatic N) is 2. The molecule has 2 amide bonds. The molecule has 2 aromatic carbocycles. The van der Waals surface area contributed by atoms with Gasteiger partial charge in [0.2, 0.25) is 5.91 Å². The van der Waals surface area contributed by atoms with Gasteiger partial charge < -0.3 is 16.0 Å². The molecule has 0 radical (unpaired) electrons. The van der Waals surface area contributed by atoms with E-state index in [1.807, 2.05) is 19.1 Å². The number of aryl methyl sites for hydroxylation is 1. The molecule has 1 fully saturated rings. The summed E-state index contributed by atoms with van der Waals surface area (Å²) in [7, 11) is 0. The van der Waals surface area contributed by atoms with Gasteiger partial charge in [-0.2, -0.15) is 0 Å². The number of carbonyl (C=O) groups excluding carboxylic acids is 2. The smallest absolute Gasteiger partial charge is 0.255 e. The van der Waals surface area contributed by atoms with Crippen molar-refractivity contribution in [2.75, 3.05) is 25.4 Å². The van der Waals surface area contributed by atoms with Crippen LogP contribution in [0.4, 0.5) is 5.82 Å². The van der Waals surface area contributed by atoms with E-state index in [1.54, 1.807) is 17.0 Å². The van der Waals surface area contributed by atoms with Crippen LogP contribution in [0, 0.1) is 12.3 Å². The summed E-state index contributed by atoms with van der Waals surface area (Å²) in [5.74, 6) is 0.243. The molecule has 0 saturated carbocycles. The van der Waals surface area contributed by atoms with E-state index < -0.39 is 5.41 Å². The molecule has 33 heavy (non-hydrogen) atoms. The summed E-state index contributed by atoms with van der Waals surface area (Å²) in [5, 5.41) is 3.02. The molecule has 1 saturated heterocycles. The summed E-state index contributed by atoms with van der Waals surface area (Å²) in [6, 6.07) is 19.9. The summed E-state index contributed by atoms with van der Waals surface area (Å²) in [4.78, 5) is 32.3. The Hall–Kier alpha value is -3.67. The van der Waals surface area contributed by atoms with E-state index in [1.165, 1.54) is 11.8 Å². The Kier molecular flexibility index (Phi) is 6.45. The molecule has 1 aromatic heterocycles. The number of likely N-dealkylation sites (tertiary alicyclic amines) is 1. The van der Waals surface area contributed by atoms with Crippen molar-refractivity contribution in [3.05, 3.63) is 83.6 Å². The first-order chi connectivity index (χ1) is 15.9. The summed E-state index contributed by atoms with van der Waals surface area (Å²) in [6.45, 7) is 5.44. The second kappa shape index (κ2) is 9.45. The maximum Gasteiger partial charge on any atom is 0.255 e. The molecule has 3 aromatic rings. The van der Waals surface area contributed by atoms with Crippen molar-refractivity contribution in [1.29, 1.82) is 0 Å². The summed E-state index contributed by atoms with van der Waals surface area (Å²) in [6.07, 6.45) is 2.67. The lowest BCUT2D eigenvalue weighted by Gasteiger charge is -2.29. The van der Waals surface area contributed by atoms with E-state index in [9.17, 15) is 9.59 Å².